The molecule has 3 rings (SSSR count). The van der Waals surface area contributed by atoms with Crippen LogP contribution in [0.25, 0.3) is 17.1 Å². The Hall–Kier alpha value is -2.95. The van der Waals surface area contributed by atoms with Crippen LogP contribution in [-0.2, 0) is 12.8 Å². The number of aromatic amines is 1. The first-order valence-corrected chi connectivity index (χ1v) is 7.14. The SMILES string of the molecule is N/C=C\C=C\c1cnc(CCc2cnc3ccccc3n2)[nH]1. The van der Waals surface area contributed by atoms with Crippen LogP contribution < -0.4 is 5.73 Å². The maximum absolute atomic E-state index is 5.28. The van der Waals surface area contributed by atoms with Crippen molar-refractivity contribution in [3.8, 4) is 0 Å². The number of H-pyrrole nitrogens is 1. The predicted octanol–water partition coefficient (Wildman–Crippen LogP) is 2.62. The van der Waals surface area contributed by atoms with Gasteiger partial charge >= 0.3 is 0 Å². The van der Waals surface area contributed by atoms with Crippen LogP contribution >= 0.6 is 0 Å². The van der Waals surface area contributed by atoms with Gasteiger partial charge in [-0.2, -0.15) is 0 Å². The lowest BCUT2D eigenvalue weighted by Crippen LogP contribution is -1.97. The molecule has 0 spiro atoms. The number of hydrogen-bond donors (Lipinski definition) is 2. The monoisotopic (exact) mass is 291 g/mol. The van der Waals surface area contributed by atoms with E-state index in [9.17, 15) is 0 Å². The molecule has 3 aromatic rings. The standard InChI is InChI=1S/C17H17N5/c18-10-4-3-5-13-12-20-17(22-13)9-8-14-11-19-15-6-1-2-7-16(15)21-14/h1-7,10-12H,8-9,18H2,(H,20,22)/b5-3+,10-4-. The maximum Gasteiger partial charge on any atom is 0.106 e. The predicted molar refractivity (Wildman–Crippen MR) is 87.9 cm³/mol. The molecule has 0 atom stereocenters. The van der Waals surface area contributed by atoms with Crippen LogP contribution in [-0.4, -0.2) is 19.9 Å². The van der Waals surface area contributed by atoms with Gasteiger partial charge in [0.25, 0.3) is 0 Å². The third-order valence-corrected chi connectivity index (χ3v) is 3.26. The summed E-state index contributed by atoms with van der Waals surface area (Å²) >= 11 is 0. The van der Waals surface area contributed by atoms with Crippen molar-refractivity contribution < 1.29 is 0 Å². The van der Waals surface area contributed by atoms with E-state index in [-0.39, 0.29) is 0 Å². The molecule has 110 valence electrons. The number of aryl methyl sites for hydroxylation is 2. The Bertz CT molecular complexity index is 817. The quantitative estimate of drug-likeness (QED) is 0.708. The van der Waals surface area contributed by atoms with E-state index in [0.29, 0.717) is 0 Å². The lowest BCUT2D eigenvalue weighted by Gasteiger charge is -2.01. The second-order valence-electron chi connectivity index (χ2n) is 4.88. The molecule has 5 nitrogen and oxygen atoms in total. The average Bonchev–Trinajstić information content (AvgIpc) is 3.01. The molecule has 0 unspecified atom stereocenters. The number of nitrogens with two attached hydrogens (primary N) is 1. The molecule has 0 fully saturated rings. The summed E-state index contributed by atoms with van der Waals surface area (Å²) in [5.41, 5.74) is 9.05. The second-order valence-corrected chi connectivity index (χ2v) is 4.88. The van der Waals surface area contributed by atoms with Gasteiger partial charge in [-0.05, 0) is 36.9 Å². The Labute approximate surface area is 128 Å². The molecule has 0 saturated carbocycles. The van der Waals surface area contributed by atoms with E-state index in [2.05, 4.69) is 19.9 Å². The Morgan fingerprint density at radius 1 is 1.00 bits per heavy atom. The van der Waals surface area contributed by atoms with Gasteiger partial charge in [0.05, 0.1) is 28.6 Å². The zero-order valence-corrected chi connectivity index (χ0v) is 12.1. The molecule has 3 N–H and O–H groups in total. The van der Waals surface area contributed by atoms with E-state index in [4.69, 9.17) is 5.73 Å². The highest BCUT2D eigenvalue weighted by Crippen LogP contribution is 2.10. The van der Waals surface area contributed by atoms with Crippen molar-refractivity contribution in [1.82, 2.24) is 19.9 Å². The van der Waals surface area contributed by atoms with Gasteiger partial charge in [-0.25, -0.2) is 9.97 Å². The topological polar surface area (TPSA) is 80.5 Å². The molecule has 0 aliphatic carbocycles. The number of imidazole rings is 1. The molecule has 0 amide bonds. The summed E-state index contributed by atoms with van der Waals surface area (Å²) in [6.07, 6.45) is 12.3. The van der Waals surface area contributed by atoms with Crippen LogP contribution in [0.4, 0.5) is 0 Å². The highest BCUT2D eigenvalue weighted by molar-refractivity contribution is 5.73. The van der Waals surface area contributed by atoms with Crippen molar-refractivity contribution in [3.05, 3.63) is 72.2 Å². The second kappa shape index (κ2) is 6.67. The fraction of sp³-hybridized carbons (Fsp3) is 0.118. The zero-order chi connectivity index (χ0) is 15.2. The van der Waals surface area contributed by atoms with E-state index < -0.39 is 0 Å². The molecule has 0 saturated heterocycles. The summed E-state index contributed by atoms with van der Waals surface area (Å²) in [6, 6.07) is 7.88. The third kappa shape index (κ3) is 3.38. The lowest BCUT2D eigenvalue weighted by atomic mass is 10.2. The van der Waals surface area contributed by atoms with Crippen LogP contribution in [0.5, 0.6) is 0 Å². The molecule has 0 aliphatic rings. The number of nitrogens with one attached hydrogen (secondary N) is 1. The zero-order valence-electron chi connectivity index (χ0n) is 12.1. The normalized spacial score (nSPS) is 11.8. The van der Waals surface area contributed by atoms with Gasteiger partial charge in [0.15, 0.2) is 0 Å². The molecule has 1 aromatic carbocycles. The lowest BCUT2D eigenvalue weighted by molar-refractivity contribution is 0.855. The van der Waals surface area contributed by atoms with Gasteiger partial charge in [0.1, 0.15) is 5.82 Å². The smallest absolute Gasteiger partial charge is 0.106 e. The Kier molecular flexibility index (Phi) is 4.25. The fourth-order valence-corrected chi connectivity index (χ4v) is 2.18. The van der Waals surface area contributed by atoms with Crippen molar-refractivity contribution >= 4 is 17.1 Å². The van der Waals surface area contributed by atoms with Gasteiger partial charge in [-0.1, -0.05) is 18.2 Å². The summed E-state index contributed by atoms with van der Waals surface area (Å²) in [5.74, 6) is 0.936. The Balaban J connectivity index is 1.66. The summed E-state index contributed by atoms with van der Waals surface area (Å²) in [7, 11) is 0. The molecule has 22 heavy (non-hydrogen) atoms. The number of para-hydroxylation sites is 2. The Morgan fingerprint density at radius 3 is 2.73 bits per heavy atom. The average molecular weight is 291 g/mol. The van der Waals surface area contributed by atoms with E-state index in [1.807, 2.05) is 48.8 Å². The van der Waals surface area contributed by atoms with Crippen LogP contribution in [0.2, 0.25) is 0 Å². The molecular formula is C17H17N5. The van der Waals surface area contributed by atoms with Crippen molar-refractivity contribution in [1.29, 1.82) is 0 Å². The summed E-state index contributed by atoms with van der Waals surface area (Å²) in [6.45, 7) is 0. The van der Waals surface area contributed by atoms with Gasteiger partial charge in [-0.15, -0.1) is 0 Å². The van der Waals surface area contributed by atoms with Gasteiger partial charge in [0.2, 0.25) is 0 Å². The molecule has 0 bridgehead atoms. The number of fused-ring (bicyclic) bond motifs is 1. The first-order valence-electron chi connectivity index (χ1n) is 7.14. The van der Waals surface area contributed by atoms with E-state index in [0.717, 1.165) is 41.1 Å². The van der Waals surface area contributed by atoms with E-state index >= 15 is 0 Å². The Morgan fingerprint density at radius 2 is 1.86 bits per heavy atom. The first-order chi connectivity index (χ1) is 10.8. The highest BCUT2D eigenvalue weighted by Gasteiger charge is 2.03. The number of aromatic nitrogens is 4. The number of rotatable bonds is 5. The highest BCUT2D eigenvalue weighted by atomic mass is 14.9. The fourth-order valence-electron chi connectivity index (χ4n) is 2.18. The number of allylic oxidation sites excluding steroid dienone is 2. The van der Waals surface area contributed by atoms with Crippen molar-refractivity contribution in [3.63, 3.8) is 0 Å². The van der Waals surface area contributed by atoms with Crippen molar-refractivity contribution in [2.75, 3.05) is 0 Å². The van der Waals surface area contributed by atoms with Gasteiger partial charge in [0, 0.05) is 12.6 Å². The minimum atomic E-state index is 0.799. The van der Waals surface area contributed by atoms with Gasteiger partial charge < -0.3 is 10.7 Å². The third-order valence-electron chi connectivity index (χ3n) is 3.26. The number of nitrogens with zero attached hydrogens (tertiary/aromatic N) is 3. The summed E-state index contributed by atoms with van der Waals surface area (Å²) in [4.78, 5) is 16.7. The van der Waals surface area contributed by atoms with Crippen molar-refractivity contribution in [2.24, 2.45) is 5.73 Å². The number of hydrogen-bond acceptors (Lipinski definition) is 4. The molecule has 5 heteroatoms. The van der Waals surface area contributed by atoms with Gasteiger partial charge in [-0.3, -0.25) is 4.98 Å². The van der Waals surface area contributed by atoms with Crippen LogP contribution in [0.15, 0.2) is 55.0 Å². The summed E-state index contributed by atoms with van der Waals surface area (Å²) in [5, 5.41) is 0. The van der Waals surface area contributed by atoms with E-state index in [1.54, 1.807) is 6.08 Å². The minimum absolute atomic E-state index is 0.799. The largest absolute Gasteiger partial charge is 0.405 e. The molecule has 2 heterocycles. The molecule has 0 radical (unpaired) electrons. The van der Waals surface area contributed by atoms with E-state index in [1.165, 1.54) is 6.20 Å². The first kappa shape index (κ1) is 14.0. The van der Waals surface area contributed by atoms with Crippen LogP contribution in [0.1, 0.15) is 17.2 Å². The maximum atomic E-state index is 5.28. The van der Waals surface area contributed by atoms with Crippen LogP contribution in [0, 0.1) is 0 Å². The van der Waals surface area contributed by atoms with Crippen LogP contribution in [0.3, 0.4) is 0 Å². The summed E-state index contributed by atoms with van der Waals surface area (Å²) < 4.78 is 0. The number of benzene rings is 1. The minimum Gasteiger partial charge on any atom is -0.405 e. The molecule has 0 aliphatic heterocycles. The molecule has 2 aromatic heterocycles. The molecular weight excluding hydrogens is 274 g/mol. The van der Waals surface area contributed by atoms with Crippen molar-refractivity contribution in [2.45, 2.75) is 12.8 Å².